The molecule has 28 heavy (non-hydrogen) atoms. The number of nitrogens with one attached hydrogen (secondary N) is 1. The summed E-state index contributed by atoms with van der Waals surface area (Å²) < 4.78 is 6.00. The van der Waals surface area contributed by atoms with Crippen molar-refractivity contribution in [3.05, 3.63) is 59.2 Å². The maximum absolute atomic E-state index is 12.5. The van der Waals surface area contributed by atoms with Crippen LogP contribution in [0.2, 0.25) is 0 Å². The minimum Gasteiger partial charge on any atom is -0.481 e. The number of amides is 1. The van der Waals surface area contributed by atoms with Crippen LogP contribution in [0.5, 0.6) is 5.75 Å². The van der Waals surface area contributed by atoms with E-state index in [1.54, 1.807) is 0 Å². The highest BCUT2D eigenvalue weighted by molar-refractivity contribution is 5.80. The number of ether oxygens (including phenoxy) is 1. The molecule has 0 spiro atoms. The average Bonchev–Trinajstić information content (AvgIpc) is 3.08. The van der Waals surface area contributed by atoms with E-state index >= 15 is 0 Å². The first-order valence-corrected chi connectivity index (χ1v) is 10.3. The summed E-state index contributed by atoms with van der Waals surface area (Å²) >= 11 is 0. The van der Waals surface area contributed by atoms with Crippen LogP contribution in [0.3, 0.4) is 0 Å². The van der Waals surface area contributed by atoms with Gasteiger partial charge >= 0.3 is 0 Å². The third-order valence-electron chi connectivity index (χ3n) is 5.35. The summed E-state index contributed by atoms with van der Waals surface area (Å²) in [4.78, 5) is 14.9. The molecule has 0 bridgehead atoms. The summed E-state index contributed by atoms with van der Waals surface area (Å²) in [6, 6.07) is 14.8. The maximum atomic E-state index is 12.5. The zero-order valence-corrected chi connectivity index (χ0v) is 17.5. The molecular weight excluding hydrogens is 348 g/mol. The Hall–Kier alpha value is -2.49. The molecule has 4 nitrogen and oxygen atoms in total. The molecule has 1 aliphatic heterocycles. The number of carbonyl (C=O) groups is 1. The quantitative estimate of drug-likeness (QED) is 0.688. The second-order valence-electron chi connectivity index (χ2n) is 7.97. The fraction of sp³-hybridized carbons (Fsp3) is 0.458. The number of hydrogen-bond acceptors (Lipinski definition) is 3. The molecule has 0 aliphatic carbocycles. The minimum absolute atomic E-state index is 0.0574. The predicted molar refractivity (Wildman–Crippen MR) is 115 cm³/mol. The van der Waals surface area contributed by atoms with Gasteiger partial charge in [0.05, 0.1) is 0 Å². The van der Waals surface area contributed by atoms with Crippen LogP contribution in [0.25, 0.3) is 0 Å². The van der Waals surface area contributed by atoms with Crippen molar-refractivity contribution < 1.29 is 9.53 Å². The van der Waals surface area contributed by atoms with Crippen molar-refractivity contribution in [3.63, 3.8) is 0 Å². The number of anilines is 1. The van der Waals surface area contributed by atoms with Gasteiger partial charge in [0.15, 0.2) is 6.10 Å². The Morgan fingerprint density at radius 2 is 1.96 bits per heavy atom. The molecule has 1 heterocycles. The van der Waals surface area contributed by atoms with Crippen molar-refractivity contribution in [1.82, 2.24) is 5.32 Å². The molecule has 0 fully saturated rings. The molecule has 2 aromatic rings. The Bertz CT molecular complexity index is 816. The van der Waals surface area contributed by atoms with E-state index in [4.69, 9.17) is 4.74 Å². The summed E-state index contributed by atoms with van der Waals surface area (Å²) in [5.74, 6) is 1.11. The van der Waals surface area contributed by atoms with Crippen LogP contribution in [0.1, 0.15) is 49.8 Å². The molecule has 1 aliphatic rings. The van der Waals surface area contributed by atoms with Crippen LogP contribution < -0.4 is 15.0 Å². The van der Waals surface area contributed by atoms with Crippen molar-refractivity contribution in [2.75, 3.05) is 24.5 Å². The van der Waals surface area contributed by atoms with Gasteiger partial charge in [-0.1, -0.05) is 44.2 Å². The molecule has 4 heteroatoms. The predicted octanol–water partition coefficient (Wildman–Crippen LogP) is 4.45. The summed E-state index contributed by atoms with van der Waals surface area (Å²) in [7, 11) is 0. The molecule has 2 aromatic carbocycles. The number of benzene rings is 2. The number of aryl methyl sites for hydroxylation is 1. The van der Waals surface area contributed by atoms with Crippen molar-refractivity contribution in [1.29, 1.82) is 0 Å². The molecule has 0 radical (unpaired) electrons. The largest absolute Gasteiger partial charge is 0.481 e. The molecule has 0 aromatic heterocycles. The lowest BCUT2D eigenvalue weighted by Crippen LogP contribution is -2.38. The summed E-state index contributed by atoms with van der Waals surface area (Å²) in [5, 5.41) is 3.02. The highest BCUT2D eigenvalue weighted by Crippen LogP contribution is 2.29. The third kappa shape index (κ3) is 4.86. The number of hydrogen-bond donors (Lipinski definition) is 1. The first-order valence-electron chi connectivity index (χ1n) is 10.3. The second kappa shape index (κ2) is 9.13. The standard InChI is InChI=1S/C24H32N2O2/c1-17(2)21-11-10-18(3)16-23(21)28-19(4)24(27)25-13-7-14-26-15-12-20-8-5-6-9-22(20)26/h5-6,8-11,16-17,19H,7,12-15H2,1-4H3,(H,25,27). The molecule has 0 saturated heterocycles. The van der Waals surface area contributed by atoms with E-state index in [0.29, 0.717) is 12.5 Å². The van der Waals surface area contributed by atoms with Crippen molar-refractivity contribution >= 4 is 11.6 Å². The molecule has 1 unspecified atom stereocenters. The van der Waals surface area contributed by atoms with Gasteiger partial charge in [0.25, 0.3) is 5.91 Å². The molecule has 1 amide bonds. The maximum Gasteiger partial charge on any atom is 0.260 e. The first kappa shape index (κ1) is 20.2. The van der Waals surface area contributed by atoms with E-state index in [9.17, 15) is 4.79 Å². The van der Waals surface area contributed by atoms with Gasteiger partial charge in [-0.3, -0.25) is 4.79 Å². The third-order valence-corrected chi connectivity index (χ3v) is 5.35. The van der Waals surface area contributed by atoms with E-state index in [1.165, 1.54) is 11.3 Å². The van der Waals surface area contributed by atoms with E-state index < -0.39 is 6.10 Å². The zero-order valence-electron chi connectivity index (χ0n) is 17.5. The SMILES string of the molecule is Cc1ccc(C(C)C)c(OC(C)C(=O)NCCCN2CCc3ccccc32)c1. The Morgan fingerprint density at radius 3 is 2.75 bits per heavy atom. The number of fused-ring (bicyclic) bond motifs is 1. The number of para-hydroxylation sites is 1. The van der Waals surface area contributed by atoms with Crippen molar-refractivity contribution in [2.24, 2.45) is 0 Å². The zero-order chi connectivity index (χ0) is 20.1. The molecule has 1 atom stereocenters. The van der Waals surface area contributed by atoms with Gasteiger partial charge < -0.3 is 15.0 Å². The summed E-state index contributed by atoms with van der Waals surface area (Å²) in [6.45, 7) is 10.8. The Kier molecular flexibility index (Phi) is 6.61. The van der Waals surface area contributed by atoms with Gasteiger partial charge in [0.1, 0.15) is 5.75 Å². The van der Waals surface area contributed by atoms with Gasteiger partial charge in [-0.25, -0.2) is 0 Å². The fourth-order valence-electron chi connectivity index (χ4n) is 3.73. The van der Waals surface area contributed by atoms with Gasteiger partial charge in [-0.2, -0.15) is 0 Å². The lowest BCUT2D eigenvalue weighted by Gasteiger charge is -2.21. The molecule has 0 saturated carbocycles. The molecule has 3 rings (SSSR count). The van der Waals surface area contributed by atoms with Crippen molar-refractivity contribution in [2.45, 2.75) is 52.6 Å². The second-order valence-corrected chi connectivity index (χ2v) is 7.97. The number of rotatable bonds is 8. The Balaban J connectivity index is 1.46. The monoisotopic (exact) mass is 380 g/mol. The van der Waals surface area contributed by atoms with Gasteiger partial charge in [0.2, 0.25) is 0 Å². The number of carbonyl (C=O) groups excluding carboxylic acids is 1. The van der Waals surface area contributed by atoms with Crippen LogP contribution in [-0.4, -0.2) is 31.6 Å². The average molecular weight is 381 g/mol. The van der Waals surface area contributed by atoms with E-state index in [2.05, 4.69) is 60.5 Å². The molecule has 150 valence electrons. The van der Waals surface area contributed by atoms with Gasteiger partial charge in [-0.05, 0) is 61.4 Å². The smallest absolute Gasteiger partial charge is 0.260 e. The normalized spacial score (nSPS) is 14.1. The lowest BCUT2D eigenvalue weighted by atomic mass is 10.0. The summed E-state index contributed by atoms with van der Waals surface area (Å²) in [5.41, 5.74) is 5.04. The van der Waals surface area contributed by atoms with Gasteiger partial charge in [0, 0.05) is 25.3 Å². The Labute approximate surface area is 168 Å². The van der Waals surface area contributed by atoms with E-state index in [0.717, 1.165) is 42.8 Å². The first-order chi connectivity index (χ1) is 13.5. The topological polar surface area (TPSA) is 41.6 Å². The van der Waals surface area contributed by atoms with Crippen LogP contribution in [-0.2, 0) is 11.2 Å². The van der Waals surface area contributed by atoms with Crippen LogP contribution in [0.4, 0.5) is 5.69 Å². The van der Waals surface area contributed by atoms with Gasteiger partial charge in [-0.15, -0.1) is 0 Å². The van der Waals surface area contributed by atoms with Crippen LogP contribution >= 0.6 is 0 Å². The highest BCUT2D eigenvalue weighted by Gasteiger charge is 2.19. The van der Waals surface area contributed by atoms with E-state index in [-0.39, 0.29) is 5.91 Å². The minimum atomic E-state index is -0.508. The highest BCUT2D eigenvalue weighted by atomic mass is 16.5. The van der Waals surface area contributed by atoms with Crippen molar-refractivity contribution in [3.8, 4) is 5.75 Å². The van der Waals surface area contributed by atoms with Crippen LogP contribution in [0.15, 0.2) is 42.5 Å². The molecular formula is C24H32N2O2. The number of nitrogens with zero attached hydrogens (tertiary/aromatic N) is 1. The molecule has 1 N–H and O–H groups in total. The fourth-order valence-corrected chi connectivity index (χ4v) is 3.73. The lowest BCUT2D eigenvalue weighted by molar-refractivity contribution is -0.127. The Morgan fingerprint density at radius 1 is 1.18 bits per heavy atom. The van der Waals surface area contributed by atoms with E-state index in [1.807, 2.05) is 19.9 Å². The van der Waals surface area contributed by atoms with Crippen LogP contribution in [0, 0.1) is 6.92 Å². The summed E-state index contributed by atoms with van der Waals surface area (Å²) in [6.07, 6.45) is 1.53.